The van der Waals surface area contributed by atoms with E-state index in [2.05, 4.69) is 6.58 Å². The Hall–Kier alpha value is -1.20. The number of alkyl halides is 4. The molecule has 0 aliphatic heterocycles. The second-order valence-corrected chi connectivity index (χ2v) is 7.73. The molecule has 1 N–H and O–H groups in total. The van der Waals surface area contributed by atoms with Crippen molar-refractivity contribution in [2.45, 2.75) is 62.9 Å². The van der Waals surface area contributed by atoms with Crippen LogP contribution in [-0.4, -0.2) is 43.0 Å². The first-order valence-corrected chi connectivity index (χ1v) is 9.44. The molecule has 0 radical (unpaired) electrons. The topological polar surface area (TPSA) is 89.9 Å². The Morgan fingerprint density at radius 1 is 1.23 bits per heavy atom. The number of hydrogen-bond donors (Lipinski definition) is 1. The van der Waals surface area contributed by atoms with Gasteiger partial charge in [-0.1, -0.05) is 25.8 Å². The molecule has 0 aromatic carbocycles. The fraction of sp³-hybridized carbons (Fsp3) is 0.800. The molecule has 1 fully saturated rings. The smallest absolute Gasteiger partial charge is 0.431 e. The molecule has 0 bridgehead atoms. The molecule has 1 atom stereocenters. The molecule has 6 nitrogen and oxygen atoms in total. The largest absolute Gasteiger partial charge is 0.432 e. The van der Waals surface area contributed by atoms with Gasteiger partial charge in [0.25, 0.3) is 0 Å². The van der Waals surface area contributed by atoms with Crippen molar-refractivity contribution < 1.29 is 44.8 Å². The zero-order valence-corrected chi connectivity index (χ0v) is 15.0. The molecule has 1 aliphatic rings. The third-order valence-electron chi connectivity index (χ3n) is 4.05. The summed E-state index contributed by atoms with van der Waals surface area (Å²) in [4.78, 5) is 11.7. The van der Waals surface area contributed by atoms with Crippen LogP contribution in [-0.2, 0) is 24.4 Å². The normalized spacial score (nSPS) is 18.4. The minimum absolute atomic E-state index is 0.0534. The van der Waals surface area contributed by atoms with Gasteiger partial charge in [0, 0.05) is 17.9 Å². The Morgan fingerprint density at radius 3 is 2.23 bits per heavy atom. The summed E-state index contributed by atoms with van der Waals surface area (Å²) in [7, 11) is -6.30. The summed E-state index contributed by atoms with van der Waals surface area (Å²) in [6.07, 6.45) is 0.870. The Morgan fingerprint density at radius 2 is 1.77 bits per heavy atom. The van der Waals surface area contributed by atoms with Crippen LogP contribution in [0.25, 0.3) is 0 Å². The van der Waals surface area contributed by atoms with Crippen LogP contribution < -0.4 is 0 Å². The SMILES string of the molecule is C=C(C)C(=O)OC(OCCC(F)(F)C(F)(F)S(=O)(=O)O)C1CCCCC1. The Labute approximate surface area is 149 Å². The first-order valence-electron chi connectivity index (χ1n) is 8.00. The fourth-order valence-corrected chi connectivity index (χ4v) is 3.00. The van der Waals surface area contributed by atoms with Crippen molar-refractivity contribution >= 4 is 16.1 Å². The molecule has 1 saturated carbocycles. The zero-order valence-electron chi connectivity index (χ0n) is 14.2. The van der Waals surface area contributed by atoms with Crippen molar-refractivity contribution in [3.8, 4) is 0 Å². The van der Waals surface area contributed by atoms with Gasteiger partial charge >= 0.3 is 27.3 Å². The van der Waals surface area contributed by atoms with Crippen LogP contribution in [0.2, 0.25) is 0 Å². The van der Waals surface area contributed by atoms with Crippen LogP contribution in [0.1, 0.15) is 45.4 Å². The number of carbonyl (C=O) groups is 1. The minimum atomic E-state index is -6.30. The number of ether oxygens (including phenoxy) is 2. The molecule has 11 heteroatoms. The van der Waals surface area contributed by atoms with Crippen molar-refractivity contribution in [1.29, 1.82) is 0 Å². The van der Waals surface area contributed by atoms with Gasteiger partial charge in [0.05, 0.1) is 6.61 Å². The summed E-state index contributed by atoms with van der Waals surface area (Å²) in [6.45, 7) is 3.77. The summed E-state index contributed by atoms with van der Waals surface area (Å²) in [5.74, 6) is -6.16. The highest BCUT2D eigenvalue weighted by Crippen LogP contribution is 2.41. The van der Waals surface area contributed by atoms with Gasteiger partial charge in [-0.25, -0.2) is 4.79 Å². The van der Waals surface area contributed by atoms with Crippen LogP contribution >= 0.6 is 0 Å². The minimum Gasteiger partial charge on any atom is -0.432 e. The molecule has 1 unspecified atom stereocenters. The summed E-state index contributed by atoms with van der Waals surface area (Å²) < 4.78 is 92.7. The quantitative estimate of drug-likeness (QED) is 0.207. The molecule has 0 amide bonds. The van der Waals surface area contributed by atoms with Crippen molar-refractivity contribution in [2.24, 2.45) is 5.92 Å². The van der Waals surface area contributed by atoms with Gasteiger partial charge in [-0.2, -0.15) is 26.0 Å². The highest BCUT2D eigenvalue weighted by atomic mass is 32.2. The first-order chi connectivity index (χ1) is 11.8. The lowest BCUT2D eigenvalue weighted by atomic mass is 9.89. The van der Waals surface area contributed by atoms with Gasteiger partial charge < -0.3 is 9.47 Å². The molecular weight excluding hydrogens is 384 g/mol. The maximum absolute atomic E-state index is 13.5. The average molecular weight is 406 g/mol. The van der Waals surface area contributed by atoms with E-state index in [1.807, 2.05) is 0 Å². The van der Waals surface area contributed by atoms with Crippen LogP contribution in [0.3, 0.4) is 0 Å². The van der Waals surface area contributed by atoms with E-state index in [9.17, 15) is 30.8 Å². The Bertz CT molecular complexity index is 614. The van der Waals surface area contributed by atoms with Crippen LogP contribution in [0.5, 0.6) is 0 Å². The van der Waals surface area contributed by atoms with Crippen molar-refractivity contribution in [3.05, 3.63) is 12.2 Å². The summed E-state index contributed by atoms with van der Waals surface area (Å²) in [5.41, 5.74) is 0.0534. The van der Waals surface area contributed by atoms with Gasteiger partial charge in [-0.3, -0.25) is 4.55 Å². The lowest BCUT2D eigenvalue weighted by molar-refractivity contribution is -0.207. The highest BCUT2D eigenvalue weighted by Gasteiger charge is 2.65. The van der Waals surface area contributed by atoms with Gasteiger partial charge in [0.15, 0.2) is 0 Å². The van der Waals surface area contributed by atoms with Crippen LogP contribution in [0.15, 0.2) is 12.2 Å². The van der Waals surface area contributed by atoms with Crippen LogP contribution in [0.4, 0.5) is 17.6 Å². The molecule has 0 saturated heterocycles. The van der Waals surface area contributed by atoms with E-state index in [0.29, 0.717) is 12.8 Å². The standard InChI is InChI=1S/C15H22F4O6S/c1-10(2)12(20)25-13(11-6-4-3-5-7-11)24-9-8-14(16,17)15(18,19)26(21,22)23/h11,13H,1,3-9H2,2H3,(H,21,22,23). The third kappa shape index (κ3) is 5.65. The number of hydrogen-bond acceptors (Lipinski definition) is 5. The summed E-state index contributed by atoms with van der Waals surface area (Å²) in [5, 5.41) is -5.65. The first kappa shape index (κ1) is 22.8. The summed E-state index contributed by atoms with van der Waals surface area (Å²) in [6, 6.07) is 0. The molecule has 0 aromatic heterocycles. The zero-order chi connectivity index (χ0) is 20.2. The van der Waals surface area contributed by atoms with Gasteiger partial charge in [-0.15, -0.1) is 0 Å². The number of carbonyl (C=O) groups excluding carboxylic acids is 1. The monoisotopic (exact) mass is 406 g/mol. The Kier molecular flexibility index (Phi) is 7.61. The van der Waals surface area contributed by atoms with E-state index in [1.165, 1.54) is 6.92 Å². The second kappa shape index (κ2) is 8.66. The molecule has 26 heavy (non-hydrogen) atoms. The maximum Gasteiger partial charge on any atom is 0.431 e. The number of halogens is 4. The summed E-state index contributed by atoms with van der Waals surface area (Å²) >= 11 is 0. The van der Waals surface area contributed by atoms with Crippen molar-refractivity contribution in [3.63, 3.8) is 0 Å². The van der Waals surface area contributed by atoms with Crippen molar-refractivity contribution in [1.82, 2.24) is 0 Å². The average Bonchev–Trinajstić information content (AvgIpc) is 2.53. The molecular formula is C15H22F4O6S. The van der Waals surface area contributed by atoms with Gasteiger partial charge in [0.2, 0.25) is 6.29 Å². The Balaban J connectivity index is 2.76. The predicted molar refractivity (Wildman–Crippen MR) is 83.3 cm³/mol. The van der Waals surface area contributed by atoms with E-state index >= 15 is 0 Å². The van der Waals surface area contributed by atoms with Gasteiger partial charge in [0.1, 0.15) is 0 Å². The highest BCUT2D eigenvalue weighted by molar-refractivity contribution is 7.87. The van der Waals surface area contributed by atoms with E-state index in [1.54, 1.807) is 0 Å². The molecule has 0 aromatic rings. The van der Waals surface area contributed by atoms with E-state index in [0.717, 1.165) is 19.3 Å². The predicted octanol–water partition coefficient (Wildman–Crippen LogP) is 3.53. The van der Waals surface area contributed by atoms with Crippen LogP contribution in [0, 0.1) is 5.92 Å². The van der Waals surface area contributed by atoms with E-state index in [-0.39, 0.29) is 11.5 Å². The molecule has 152 valence electrons. The lowest BCUT2D eigenvalue weighted by Crippen LogP contribution is -2.47. The molecule has 1 rings (SSSR count). The molecule has 0 heterocycles. The second-order valence-electron chi connectivity index (χ2n) is 6.27. The van der Waals surface area contributed by atoms with E-state index in [4.69, 9.17) is 14.0 Å². The van der Waals surface area contributed by atoms with E-state index < -0.39 is 46.6 Å². The fourth-order valence-electron chi connectivity index (χ4n) is 2.52. The van der Waals surface area contributed by atoms with Gasteiger partial charge in [-0.05, 0) is 19.8 Å². The van der Waals surface area contributed by atoms with Crippen molar-refractivity contribution in [2.75, 3.05) is 6.61 Å². The molecule has 0 spiro atoms. The maximum atomic E-state index is 13.5. The number of esters is 1. The molecule has 1 aliphatic carbocycles. The lowest BCUT2D eigenvalue weighted by Gasteiger charge is -2.30. The number of rotatable bonds is 9. The third-order valence-corrected chi connectivity index (χ3v) is 5.00.